The Labute approximate surface area is 121 Å². The van der Waals surface area contributed by atoms with Gasteiger partial charge in [-0.05, 0) is 27.7 Å². The molecule has 1 aliphatic rings. The van der Waals surface area contributed by atoms with Crippen molar-refractivity contribution < 1.29 is 18.3 Å². The molecule has 0 spiro atoms. The zero-order chi connectivity index (χ0) is 15.6. The van der Waals surface area contributed by atoms with Crippen LogP contribution in [0, 0.1) is 0 Å². The monoisotopic (exact) mass is 306 g/mol. The number of carboxylic acid groups (broad SMARTS) is 1. The van der Waals surface area contributed by atoms with E-state index in [-0.39, 0.29) is 5.75 Å². The number of hydrogen-bond donors (Lipinski definition) is 1. The Balaban J connectivity index is 2.43. The van der Waals surface area contributed by atoms with E-state index >= 15 is 0 Å². The Morgan fingerprint density at radius 1 is 1.20 bits per heavy atom. The largest absolute Gasteiger partial charge is 0.480 e. The summed E-state index contributed by atoms with van der Waals surface area (Å²) in [6.45, 7) is 10.1. The number of carbonyl (C=O) groups is 1. The number of carboxylic acids is 1. The topological polar surface area (TPSA) is 77.9 Å². The van der Waals surface area contributed by atoms with Crippen molar-refractivity contribution in [3.05, 3.63) is 0 Å². The second-order valence-corrected chi connectivity index (χ2v) is 9.19. The molecular formula is C13H26N2O4S. The van der Waals surface area contributed by atoms with Crippen LogP contribution in [-0.2, 0) is 14.6 Å². The summed E-state index contributed by atoms with van der Waals surface area (Å²) in [4.78, 5) is 14.9. The van der Waals surface area contributed by atoms with Gasteiger partial charge in [0.2, 0.25) is 0 Å². The van der Waals surface area contributed by atoms with E-state index in [9.17, 15) is 13.2 Å². The molecule has 1 atom stereocenters. The van der Waals surface area contributed by atoms with E-state index in [0.29, 0.717) is 19.6 Å². The van der Waals surface area contributed by atoms with Crippen molar-refractivity contribution in [1.82, 2.24) is 9.80 Å². The average molecular weight is 306 g/mol. The van der Waals surface area contributed by atoms with Crippen LogP contribution in [0.15, 0.2) is 0 Å². The molecule has 118 valence electrons. The molecule has 0 aromatic rings. The molecule has 0 saturated carbocycles. The summed E-state index contributed by atoms with van der Waals surface area (Å²) in [5.41, 5.74) is 0. The number of hydrogen-bond acceptors (Lipinski definition) is 5. The number of rotatable bonds is 5. The van der Waals surface area contributed by atoms with Crippen molar-refractivity contribution in [3.8, 4) is 0 Å². The van der Waals surface area contributed by atoms with E-state index < -0.39 is 26.6 Å². The smallest absolute Gasteiger partial charge is 0.320 e. The lowest BCUT2D eigenvalue weighted by atomic mass is 10.2. The predicted molar refractivity (Wildman–Crippen MR) is 78.7 cm³/mol. The minimum atomic E-state index is -3.09. The Hall–Kier alpha value is -0.660. The molecule has 0 aromatic carbocycles. The van der Waals surface area contributed by atoms with Gasteiger partial charge in [0.05, 0.1) is 10.5 Å². The maximum Gasteiger partial charge on any atom is 0.320 e. The lowest BCUT2D eigenvalue weighted by molar-refractivity contribution is -0.143. The number of sulfone groups is 1. The maximum atomic E-state index is 12.0. The third-order valence-electron chi connectivity index (χ3n) is 3.92. The number of aliphatic carboxylic acids is 1. The normalized spacial score (nSPS) is 20.8. The van der Waals surface area contributed by atoms with Gasteiger partial charge in [0.15, 0.2) is 9.84 Å². The summed E-state index contributed by atoms with van der Waals surface area (Å²) in [6.07, 6.45) is 0. The molecule has 1 fully saturated rings. The van der Waals surface area contributed by atoms with E-state index in [1.54, 1.807) is 27.7 Å². The molecule has 6 nitrogen and oxygen atoms in total. The van der Waals surface area contributed by atoms with Crippen LogP contribution < -0.4 is 0 Å². The van der Waals surface area contributed by atoms with Gasteiger partial charge in [-0.2, -0.15) is 0 Å². The van der Waals surface area contributed by atoms with Gasteiger partial charge in [-0.3, -0.25) is 14.6 Å². The second kappa shape index (κ2) is 6.41. The fraction of sp³-hybridized carbons (Fsp3) is 0.923. The van der Waals surface area contributed by atoms with Crippen LogP contribution >= 0.6 is 0 Å². The van der Waals surface area contributed by atoms with Gasteiger partial charge < -0.3 is 5.11 Å². The predicted octanol–water partition coefficient (Wildman–Crippen LogP) is 0.290. The maximum absolute atomic E-state index is 12.0. The molecule has 1 rings (SSSR count). The zero-order valence-electron chi connectivity index (χ0n) is 12.8. The summed E-state index contributed by atoms with van der Waals surface area (Å²) in [5, 5.41) is 8.97. The minimum Gasteiger partial charge on any atom is -0.480 e. The molecule has 7 heteroatoms. The first kappa shape index (κ1) is 17.4. The Morgan fingerprint density at radius 3 is 2.10 bits per heavy atom. The first-order chi connectivity index (χ1) is 9.04. The second-order valence-electron chi connectivity index (χ2n) is 6.32. The van der Waals surface area contributed by atoms with Crippen LogP contribution in [0.3, 0.4) is 0 Å². The molecule has 1 aliphatic heterocycles. The Kier molecular flexibility index (Phi) is 5.57. The minimum absolute atomic E-state index is 0.158. The number of nitrogens with zero attached hydrogens (tertiary/aromatic N) is 2. The van der Waals surface area contributed by atoms with Gasteiger partial charge in [-0.1, -0.05) is 0 Å². The van der Waals surface area contributed by atoms with Crippen LogP contribution in [0.5, 0.6) is 0 Å². The van der Waals surface area contributed by atoms with E-state index in [1.807, 2.05) is 4.90 Å². The Morgan fingerprint density at radius 2 is 1.70 bits per heavy atom. The van der Waals surface area contributed by atoms with Crippen molar-refractivity contribution in [2.75, 3.05) is 38.5 Å². The lowest BCUT2D eigenvalue weighted by Gasteiger charge is -2.36. The molecule has 0 aliphatic carbocycles. The van der Waals surface area contributed by atoms with Crippen LogP contribution in [0.1, 0.15) is 27.7 Å². The van der Waals surface area contributed by atoms with Gasteiger partial charge in [0, 0.05) is 32.7 Å². The van der Waals surface area contributed by atoms with Gasteiger partial charge in [-0.25, -0.2) is 8.42 Å². The highest BCUT2D eigenvalue weighted by atomic mass is 32.2. The van der Waals surface area contributed by atoms with E-state index in [1.165, 1.54) is 0 Å². The summed E-state index contributed by atoms with van der Waals surface area (Å²) in [7, 11) is -3.09. The molecule has 0 radical (unpaired) electrons. The quantitative estimate of drug-likeness (QED) is 0.786. The average Bonchev–Trinajstić information content (AvgIpc) is 2.34. The van der Waals surface area contributed by atoms with Crippen LogP contribution in [-0.4, -0.2) is 78.6 Å². The first-order valence-electron chi connectivity index (χ1n) is 6.96. The molecule has 0 amide bonds. The highest BCUT2D eigenvalue weighted by Gasteiger charge is 2.30. The molecule has 1 unspecified atom stereocenters. The van der Waals surface area contributed by atoms with Crippen LogP contribution in [0.4, 0.5) is 0 Å². The van der Waals surface area contributed by atoms with Gasteiger partial charge >= 0.3 is 5.97 Å². The fourth-order valence-corrected chi connectivity index (χ4v) is 3.20. The SMILES string of the molecule is CC(C(=O)O)N1CCN(CCS(=O)(=O)C(C)(C)C)CC1. The molecule has 0 bridgehead atoms. The van der Waals surface area contributed by atoms with Crippen molar-refractivity contribution in [3.63, 3.8) is 0 Å². The van der Waals surface area contributed by atoms with Gasteiger partial charge in [0.25, 0.3) is 0 Å². The molecule has 20 heavy (non-hydrogen) atoms. The van der Waals surface area contributed by atoms with E-state index in [0.717, 1.165) is 13.1 Å². The highest BCUT2D eigenvalue weighted by molar-refractivity contribution is 7.92. The molecule has 1 N–H and O–H groups in total. The van der Waals surface area contributed by atoms with Gasteiger partial charge in [0.1, 0.15) is 6.04 Å². The number of piperazine rings is 1. The van der Waals surface area contributed by atoms with Crippen molar-refractivity contribution >= 4 is 15.8 Å². The summed E-state index contributed by atoms with van der Waals surface area (Å²) in [5.74, 6) is -0.654. The lowest BCUT2D eigenvalue weighted by Crippen LogP contribution is -2.52. The third kappa shape index (κ3) is 4.43. The van der Waals surface area contributed by atoms with E-state index in [4.69, 9.17) is 5.11 Å². The van der Waals surface area contributed by atoms with Crippen molar-refractivity contribution in [2.45, 2.75) is 38.5 Å². The zero-order valence-corrected chi connectivity index (χ0v) is 13.6. The van der Waals surface area contributed by atoms with E-state index in [2.05, 4.69) is 4.90 Å². The van der Waals surface area contributed by atoms with Crippen LogP contribution in [0.2, 0.25) is 0 Å². The highest BCUT2D eigenvalue weighted by Crippen LogP contribution is 2.16. The first-order valence-corrected chi connectivity index (χ1v) is 8.61. The Bertz CT molecular complexity index is 434. The van der Waals surface area contributed by atoms with Crippen molar-refractivity contribution in [2.24, 2.45) is 0 Å². The molecule has 0 aromatic heterocycles. The van der Waals surface area contributed by atoms with Crippen LogP contribution in [0.25, 0.3) is 0 Å². The molecule has 1 heterocycles. The summed E-state index contributed by atoms with van der Waals surface area (Å²) in [6, 6.07) is -0.476. The summed E-state index contributed by atoms with van der Waals surface area (Å²) < 4.78 is 23.4. The molecule has 1 saturated heterocycles. The van der Waals surface area contributed by atoms with Gasteiger partial charge in [-0.15, -0.1) is 0 Å². The standard InChI is InChI=1S/C13H26N2O4S/c1-11(12(16)17)15-7-5-14(6-8-15)9-10-20(18,19)13(2,3)4/h11H,5-10H2,1-4H3,(H,16,17). The molecular weight excluding hydrogens is 280 g/mol. The fourth-order valence-electron chi connectivity index (χ4n) is 2.09. The summed E-state index contributed by atoms with van der Waals surface area (Å²) >= 11 is 0. The van der Waals surface area contributed by atoms with Crippen molar-refractivity contribution in [1.29, 1.82) is 0 Å². The third-order valence-corrected chi connectivity index (χ3v) is 6.51.